The van der Waals surface area contributed by atoms with E-state index in [0.29, 0.717) is 18.2 Å². The first-order valence-corrected chi connectivity index (χ1v) is 8.67. The lowest BCUT2D eigenvalue weighted by molar-refractivity contribution is -0.0390. The zero-order chi connectivity index (χ0) is 15.8. The van der Waals surface area contributed by atoms with Crippen molar-refractivity contribution in [2.45, 2.75) is 50.3 Å². The highest BCUT2D eigenvalue weighted by atomic mass is 35.5. The second-order valence-electron chi connectivity index (χ2n) is 6.62. The lowest BCUT2D eigenvalue weighted by Gasteiger charge is -2.45. The van der Waals surface area contributed by atoms with E-state index in [1.165, 1.54) is 45.2 Å². The molecule has 1 aromatic rings. The van der Waals surface area contributed by atoms with Gasteiger partial charge in [-0.2, -0.15) is 0 Å². The molecule has 2 aliphatic rings. The summed E-state index contributed by atoms with van der Waals surface area (Å²) in [6, 6.07) is 13.3. The van der Waals surface area contributed by atoms with Crippen molar-refractivity contribution in [3.63, 3.8) is 0 Å². The number of rotatable bonds is 3. The number of hydrogen-bond acceptors (Lipinski definition) is 3. The van der Waals surface area contributed by atoms with Crippen LogP contribution in [0.5, 0.6) is 0 Å². The normalized spacial score (nSPS) is 27.9. The molecule has 1 aliphatic heterocycles. The Kier molecular flexibility index (Phi) is 9.80. The number of benzene rings is 1. The quantitative estimate of drug-likeness (QED) is 0.834. The van der Waals surface area contributed by atoms with Crippen LogP contribution >= 0.6 is 12.4 Å². The molecule has 3 atom stereocenters. The first kappa shape index (κ1) is 20.4. The molecule has 23 heavy (non-hydrogen) atoms. The standard InChI is InChI=1S/C13H26N2O.C6H6.ClH/c1-14(2)11-7-6-8-12(16-3)13(11)15-9-4-5-10-15;1-2-4-6-5-3-1;/h11-13H,4-10H2,1-3H3;1-6H;1H/t11-,12-,13+;;/m0../s1. The number of halogens is 1. The Balaban J connectivity index is 0.000000320. The summed E-state index contributed by atoms with van der Waals surface area (Å²) in [6.07, 6.45) is 7.06. The van der Waals surface area contributed by atoms with E-state index in [1.54, 1.807) is 0 Å². The average molecular weight is 341 g/mol. The van der Waals surface area contributed by atoms with Crippen molar-refractivity contribution in [3.05, 3.63) is 36.4 Å². The van der Waals surface area contributed by atoms with Gasteiger partial charge in [-0.15, -0.1) is 12.4 Å². The Morgan fingerprint density at radius 2 is 1.39 bits per heavy atom. The monoisotopic (exact) mass is 340 g/mol. The number of ether oxygens (including phenoxy) is 1. The van der Waals surface area contributed by atoms with Crippen LogP contribution in [0.4, 0.5) is 0 Å². The van der Waals surface area contributed by atoms with E-state index in [9.17, 15) is 0 Å². The number of likely N-dealkylation sites (N-methyl/N-ethyl adjacent to an activating group) is 1. The van der Waals surface area contributed by atoms with Gasteiger partial charge in [0.25, 0.3) is 0 Å². The summed E-state index contributed by atoms with van der Waals surface area (Å²) in [7, 11) is 6.31. The molecular formula is C19H33ClN2O. The first-order chi connectivity index (χ1) is 10.7. The molecule has 2 fully saturated rings. The summed E-state index contributed by atoms with van der Waals surface area (Å²) in [5, 5.41) is 0. The van der Waals surface area contributed by atoms with Gasteiger partial charge in [0.2, 0.25) is 0 Å². The predicted octanol–water partition coefficient (Wildman–Crippen LogP) is 3.69. The van der Waals surface area contributed by atoms with Gasteiger partial charge >= 0.3 is 0 Å². The lowest BCUT2D eigenvalue weighted by Crippen LogP contribution is -2.57. The highest BCUT2D eigenvalue weighted by Crippen LogP contribution is 2.30. The van der Waals surface area contributed by atoms with E-state index in [4.69, 9.17) is 4.74 Å². The Morgan fingerprint density at radius 1 is 0.870 bits per heavy atom. The summed E-state index contributed by atoms with van der Waals surface area (Å²) in [6.45, 7) is 2.55. The van der Waals surface area contributed by atoms with Gasteiger partial charge in [-0.25, -0.2) is 0 Å². The van der Waals surface area contributed by atoms with Gasteiger partial charge in [-0.3, -0.25) is 4.90 Å². The summed E-state index contributed by atoms with van der Waals surface area (Å²) in [4.78, 5) is 5.06. The summed E-state index contributed by atoms with van der Waals surface area (Å²) >= 11 is 0. The van der Waals surface area contributed by atoms with Gasteiger partial charge in [-0.05, 0) is 59.3 Å². The van der Waals surface area contributed by atoms with Crippen molar-refractivity contribution in [1.82, 2.24) is 9.80 Å². The minimum absolute atomic E-state index is 0. The van der Waals surface area contributed by atoms with Crippen molar-refractivity contribution in [2.24, 2.45) is 0 Å². The zero-order valence-corrected chi connectivity index (χ0v) is 15.7. The van der Waals surface area contributed by atoms with Crippen molar-refractivity contribution >= 4 is 12.4 Å². The van der Waals surface area contributed by atoms with E-state index in [-0.39, 0.29) is 12.4 Å². The summed E-state index contributed by atoms with van der Waals surface area (Å²) in [5.74, 6) is 0. The molecule has 0 bridgehead atoms. The third-order valence-corrected chi connectivity index (χ3v) is 4.96. The van der Waals surface area contributed by atoms with Crippen LogP contribution in [0.15, 0.2) is 36.4 Å². The Bertz CT molecular complexity index is 367. The van der Waals surface area contributed by atoms with Crippen LogP contribution in [0, 0.1) is 0 Å². The molecule has 132 valence electrons. The molecule has 0 aromatic heterocycles. The molecule has 4 heteroatoms. The lowest BCUT2D eigenvalue weighted by atomic mass is 9.86. The second kappa shape index (κ2) is 11.0. The number of hydrogen-bond donors (Lipinski definition) is 0. The van der Waals surface area contributed by atoms with Crippen LogP contribution in [0.2, 0.25) is 0 Å². The molecule has 0 spiro atoms. The maximum Gasteiger partial charge on any atom is 0.0741 e. The Labute approximate surface area is 148 Å². The maximum atomic E-state index is 5.73. The molecule has 0 N–H and O–H groups in total. The minimum atomic E-state index is 0. The number of likely N-dealkylation sites (tertiary alicyclic amines) is 1. The highest BCUT2D eigenvalue weighted by Gasteiger charge is 2.39. The zero-order valence-electron chi connectivity index (χ0n) is 14.9. The highest BCUT2D eigenvalue weighted by molar-refractivity contribution is 5.85. The molecule has 1 heterocycles. The van der Waals surface area contributed by atoms with Crippen LogP contribution in [0.25, 0.3) is 0 Å². The van der Waals surface area contributed by atoms with Crippen LogP contribution in [0.1, 0.15) is 32.1 Å². The third-order valence-electron chi connectivity index (χ3n) is 4.96. The van der Waals surface area contributed by atoms with Gasteiger partial charge < -0.3 is 9.64 Å². The van der Waals surface area contributed by atoms with E-state index in [2.05, 4.69) is 23.9 Å². The Hall–Kier alpha value is -0.610. The maximum absolute atomic E-state index is 5.73. The van der Waals surface area contributed by atoms with E-state index < -0.39 is 0 Å². The van der Waals surface area contributed by atoms with Crippen LogP contribution in [0.3, 0.4) is 0 Å². The molecule has 3 nitrogen and oxygen atoms in total. The van der Waals surface area contributed by atoms with Gasteiger partial charge in [0.1, 0.15) is 0 Å². The van der Waals surface area contributed by atoms with Crippen LogP contribution in [-0.4, -0.2) is 62.3 Å². The second-order valence-corrected chi connectivity index (χ2v) is 6.62. The Morgan fingerprint density at radius 3 is 1.83 bits per heavy atom. The molecule has 0 amide bonds. The van der Waals surface area contributed by atoms with E-state index in [1.807, 2.05) is 43.5 Å². The average Bonchev–Trinajstić information content (AvgIpc) is 3.10. The molecule has 1 aliphatic carbocycles. The van der Waals surface area contributed by atoms with Crippen molar-refractivity contribution in [2.75, 3.05) is 34.3 Å². The van der Waals surface area contributed by atoms with Crippen molar-refractivity contribution < 1.29 is 4.74 Å². The molecule has 1 saturated heterocycles. The number of nitrogens with zero attached hydrogens (tertiary/aromatic N) is 2. The summed E-state index contributed by atoms with van der Waals surface area (Å²) < 4.78 is 5.73. The summed E-state index contributed by atoms with van der Waals surface area (Å²) in [5.41, 5.74) is 0. The third kappa shape index (κ3) is 6.07. The van der Waals surface area contributed by atoms with E-state index in [0.717, 1.165) is 0 Å². The fourth-order valence-corrected chi connectivity index (χ4v) is 3.84. The molecule has 1 aromatic carbocycles. The van der Waals surface area contributed by atoms with Gasteiger partial charge in [-0.1, -0.05) is 36.4 Å². The predicted molar refractivity (Wildman–Crippen MR) is 100 cm³/mol. The molecule has 1 saturated carbocycles. The largest absolute Gasteiger partial charge is 0.380 e. The molecular weight excluding hydrogens is 308 g/mol. The smallest absolute Gasteiger partial charge is 0.0741 e. The van der Waals surface area contributed by atoms with Crippen molar-refractivity contribution in [3.8, 4) is 0 Å². The number of methoxy groups -OCH3 is 1. The SMILES string of the molecule is CO[C@H]1CCC[C@H](N(C)C)[C@H]1N1CCCC1.Cl.c1ccccc1. The van der Waals surface area contributed by atoms with Crippen LogP contribution in [-0.2, 0) is 4.74 Å². The molecule has 0 radical (unpaired) electrons. The van der Waals surface area contributed by atoms with Crippen LogP contribution < -0.4 is 0 Å². The minimum Gasteiger partial charge on any atom is -0.380 e. The van der Waals surface area contributed by atoms with E-state index >= 15 is 0 Å². The first-order valence-electron chi connectivity index (χ1n) is 8.67. The van der Waals surface area contributed by atoms with Gasteiger partial charge in [0.05, 0.1) is 12.1 Å². The topological polar surface area (TPSA) is 15.7 Å². The van der Waals surface area contributed by atoms with Gasteiger partial charge in [0.15, 0.2) is 0 Å². The fourth-order valence-electron chi connectivity index (χ4n) is 3.84. The van der Waals surface area contributed by atoms with Gasteiger partial charge in [0, 0.05) is 13.2 Å². The van der Waals surface area contributed by atoms with Crippen molar-refractivity contribution in [1.29, 1.82) is 0 Å². The molecule has 3 rings (SSSR count). The fraction of sp³-hybridized carbons (Fsp3) is 0.684. The molecule has 0 unspecified atom stereocenters.